The number of hydrogen-bond donors (Lipinski definition) is 1. The Hall–Kier alpha value is -0.910. The number of nitrogen functional groups attached to an aromatic ring is 1. The average molecular weight is 256 g/mol. The van der Waals surface area contributed by atoms with Crippen LogP contribution < -0.4 is 10.5 Å². The fourth-order valence-corrected chi connectivity index (χ4v) is 0.966. The third kappa shape index (κ3) is 3.14. The fourth-order valence-electron chi connectivity index (χ4n) is 0.719. The first kappa shape index (κ1) is 10.2. The van der Waals surface area contributed by atoms with Gasteiger partial charge in [-0.15, -0.1) is 13.2 Å². The molecule has 0 atom stereocenters. The van der Waals surface area contributed by atoms with Crippen LogP contribution in [0.1, 0.15) is 0 Å². The normalized spacial score (nSPS) is 11.4. The van der Waals surface area contributed by atoms with Crippen LogP contribution in [0.25, 0.3) is 0 Å². The summed E-state index contributed by atoms with van der Waals surface area (Å²) in [5.74, 6) is -0.326. The number of alkyl halides is 3. The van der Waals surface area contributed by atoms with Crippen LogP contribution in [0.15, 0.2) is 22.7 Å². The summed E-state index contributed by atoms with van der Waals surface area (Å²) in [6.45, 7) is 0. The first-order chi connectivity index (χ1) is 5.88. The monoisotopic (exact) mass is 255 g/mol. The van der Waals surface area contributed by atoms with Gasteiger partial charge in [-0.25, -0.2) is 0 Å². The summed E-state index contributed by atoms with van der Waals surface area (Å²) in [5, 5.41) is 0. The Bertz CT molecular complexity index is 313. The molecule has 0 radical (unpaired) electrons. The average Bonchev–Trinajstić information content (AvgIpc) is 1.94. The highest BCUT2D eigenvalue weighted by Crippen LogP contribution is 2.28. The number of benzene rings is 1. The molecule has 0 fully saturated rings. The second-order valence-electron chi connectivity index (χ2n) is 2.23. The molecular weight excluding hydrogens is 251 g/mol. The lowest BCUT2D eigenvalue weighted by Gasteiger charge is -2.09. The zero-order valence-corrected chi connectivity index (χ0v) is 7.82. The van der Waals surface area contributed by atoms with Crippen molar-refractivity contribution >= 4 is 21.6 Å². The van der Waals surface area contributed by atoms with E-state index in [0.717, 1.165) is 6.07 Å². The maximum absolute atomic E-state index is 11.7. The molecule has 0 spiro atoms. The molecule has 0 bridgehead atoms. The van der Waals surface area contributed by atoms with Crippen LogP contribution in [0.3, 0.4) is 0 Å². The van der Waals surface area contributed by atoms with Crippen molar-refractivity contribution in [2.75, 3.05) is 5.73 Å². The SMILES string of the molecule is Nc1cc(OC(F)(F)F)ccc1Br. The van der Waals surface area contributed by atoms with Gasteiger partial charge in [0.05, 0.1) is 0 Å². The minimum absolute atomic E-state index is 0.196. The van der Waals surface area contributed by atoms with E-state index in [1.165, 1.54) is 12.1 Å². The van der Waals surface area contributed by atoms with E-state index in [1.54, 1.807) is 0 Å². The number of ether oxygens (including phenoxy) is 1. The summed E-state index contributed by atoms with van der Waals surface area (Å²) >= 11 is 3.05. The molecule has 0 aliphatic carbocycles. The Kier molecular flexibility index (Phi) is 2.70. The van der Waals surface area contributed by atoms with Crippen molar-refractivity contribution in [2.45, 2.75) is 6.36 Å². The van der Waals surface area contributed by atoms with Crippen molar-refractivity contribution in [1.82, 2.24) is 0 Å². The molecule has 72 valence electrons. The second-order valence-corrected chi connectivity index (χ2v) is 3.09. The fraction of sp³-hybridized carbons (Fsp3) is 0.143. The van der Waals surface area contributed by atoms with Gasteiger partial charge < -0.3 is 10.5 Å². The third-order valence-electron chi connectivity index (χ3n) is 1.20. The third-order valence-corrected chi connectivity index (χ3v) is 1.92. The maximum Gasteiger partial charge on any atom is 0.573 e. The van der Waals surface area contributed by atoms with Crippen LogP contribution in [0.4, 0.5) is 18.9 Å². The maximum atomic E-state index is 11.7. The standard InChI is InChI=1S/C7H5BrF3NO/c8-5-2-1-4(3-6(5)12)13-7(9,10)11/h1-3H,12H2. The summed E-state index contributed by atoms with van der Waals surface area (Å²) in [5.41, 5.74) is 5.54. The molecule has 0 aliphatic rings. The molecule has 0 aliphatic heterocycles. The van der Waals surface area contributed by atoms with Crippen molar-refractivity contribution in [2.24, 2.45) is 0 Å². The molecule has 0 heterocycles. The molecule has 0 aromatic heterocycles. The molecule has 2 nitrogen and oxygen atoms in total. The van der Waals surface area contributed by atoms with E-state index in [9.17, 15) is 13.2 Å². The van der Waals surface area contributed by atoms with Crippen LogP contribution in [0.5, 0.6) is 5.75 Å². The topological polar surface area (TPSA) is 35.2 Å². The second kappa shape index (κ2) is 3.45. The van der Waals surface area contributed by atoms with Gasteiger partial charge in [0, 0.05) is 16.2 Å². The first-order valence-electron chi connectivity index (χ1n) is 3.19. The van der Waals surface area contributed by atoms with E-state index in [2.05, 4.69) is 20.7 Å². The van der Waals surface area contributed by atoms with Crippen molar-refractivity contribution in [1.29, 1.82) is 0 Å². The van der Waals surface area contributed by atoms with E-state index in [1.807, 2.05) is 0 Å². The van der Waals surface area contributed by atoms with E-state index in [0.29, 0.717) is 4.47 Å². The predicted octanol–water partition coefficient (Wildman–Crippen LogP) is 2.93. The molecule has 0 unspecified atom stereocenters. The lowest BCUT2D eigenvalue weighted by Crippen LogP contribution is -2.17. The van der Waals surface area contributed by atoms with Crippen LogP contribution in [-0.4, -0.2) is 6.36 Å². The highest BCUT2D eigenvalue weighted by Gasteiger charge is 2.31. The van der Waals surface area contributed by atoms with E-state index < -0.39 is 6.36 Å². The van der Waals surface area contributed by atoms with Crippen LogP contribution in [0.2, 0.25) is 0 Å². The molecular formula is C7H5BrF3NO. The zero-order chi connectivity index (χ0) is 10.1. The number of anilines is 1. The van der Waals surface area contributed by atoms with Gasteiger partial charge >= 0.3 is 6.36 Å². The smallest absolute Gasteiger partial charge is 0.406 e. The van der Waals surface area contributed by atoms with E-state index >= 15 is 0 Å². The highest BCUT2D eigenvalue weighted by atomic mass is 79.9. The summed E-state index contributed by atoms with van der Waals surface area (Å²) in [7, 11) is 0. The molecule has 1 aromatic carbocycles. The molecule has 1 aromatic rings. The molecule has 2 N–H and O–H groups in total. The van der Waals surface area contributed by atoms with Gasteiger partial charge in [0.2, 0.25) is 0 Å². The summed E-state index contributed by atoms with van der Waals surface area (Å²) in [4.78, 5) is 0. The Balaban J connectivity index is 2.86. The van der Waals surface area contributed by atoms with Crippen LogP contribution >= 0.6 is 15.9 Å². The highest BCUT2D eigenvalue weighted by molar-refractivity contribution is 9.10. The molecule has 0 saturated carbocycles. The largest absolute Gasteiger partial charge is 0.573 e. The lowest BCUT2D eigenvalue weighted by atomic mass is 10.3. The molecule has 6 heteroatoms. The predicted molar refractivity (Wildman–Crippen MR) is 45.2 cm³/mol. The van der Waals surface area contributed by atoms with E-state index in [-0.39, 0.29) is 11.4 Å². The molecule has 0 amide bonds. The Labute approximate surface area is 80.6 Å². The van der Waals surface area contributed by atoms with Crippen LogP contribution in [-0.2, 0) is 0 Å². The van der Waals surface area contributed by atoms with Crippen molar-refractivity contribution in [3.8, 4) is 5.75 Å². The number of halogens is 4. The minimum atomic E-state index is -4.68. The summed E-state index contributed by atoms with van der Waals surface area (Å²) in [6, 6.07) is 3.65. The van der Waals surface area contributed by atoms with Crippen LogP contribution in [0, 0.1) is 0 Å². The van der Waals surface area contributed by atoms with Crippen molar-refractivity contribution in [3.63, 3.8) is 0 Å². The van der Waals surface area contributed by atoms with Gasteiger partial charge in [-0.05, 0) is 28.1 Å². The zero-order valence-electron chi connectivity index (χ0n) is 6.23. The molecule has 13 heavy (non-hydrogen) atoms. The van der Waals surface area contributed by atoms with Gasteiger partial charge in [0.1, 0.15) is 5.75 Å². The summed E-state index contributed by atoms with van der Waals surface area (Å²) in [6.07, 6.45) is -4.68. The Morgan fingerprint density at radius 3 is 2.38 bits per heavy atom. The van der Waals surface area contributed by atoms with E-state index in [4.69, 9.17) is 5.73 Å². The van der Waals surface area contributed by atoms with Gasteiger partial charge in [-0.1, -0.05) is 0 Å². The Morgan fingerprint density at radius 1 is 1.31 bits per heavy atom. The Morgan fingerprint density at radius 2 is 1.92 bits per heavy atom. The number of hydrogen-bond acceptors (Lipinski definition) is 2. The lowest BCUT2D eigenvalue weighted by molar-refractivity contribution is -0.274. The van der Waals surface area contributed by atoms with Gasteiger partial charge in [0.25, 0.3) is 0 Å². The van der Waals surface area contributed by atoms with Crippen molar-refractivity contribution < 1.29 is 17.9 Å². The minimum Gasteiger partial charge on any atom is -0.406 e. The van der Waals surface area contributed by atoms with Gasteiger partial charge in [-0.2, -0.15) is 0 Å². The molecule has 1 rings (SSSR count). The number of rotatable bonds is 1. The van der Waals surface area contributed by atoms with Gasteiger partial charge in [-0.3, -0.25) is 0 Å². The van der Waals surface area contributed by atoms with Crippen molar-refractivity contribution in [3.05, 3.63) is 22.7 Å². The van der Waals surface area contributed by atoms with Gasteiger partial charge in [0.15, 0.2) is 0 Å². The molecule has 0 saturated heterocycles. The quantitative estimate of drug-likeness (QED) is 0.784. The number of nitrogens with two attached hydrogens (primary N) is 1. The summed E-state index contributed by atoms with van der Waals surface area (Å²) < 4.78 is 39.3. The first-order valence-corrected chi connectivity index (χ1v) is 3.98.